The van der Waals surface area contributed by atoms with E-state index in [9.17, 15) is 0 Å². The minimum absolute atomic E-state index is 0.170. The molecule has 1 atom stereocenters. The molecule has 1 unspecified atom stereocenters. The second-order valence-electron chi connectivity index (χ2n) is 4.81. The Kier molecular flexibility index (Phi) is 5.77. The summed E-state index contributed by atoms with van der Waals surface area (Å²) in [6, 6.07) is 9.84. The van der Waals surface area contributed by atoms with Crippen LogP contribution in [0.25, 0.3) is 5.69 Å². The number of para-hydroxylation sites is 1. The summed E-state index contributed by atoms with van der Waals surface area (Å²) in [7, 11) is 0. The lowest BCUT2D eigenvalue weighted by atomic mass is 10.3. The molecule has 0 bridgehead atoms. The summed E-state index contributed by atoms with van der Waals surface area (Å²) < 4.78 is 14.0. The van der Waals surface area contributed by atoms with Crippen LogP contribution >= 0.6 is 35.3 Å². The van der Waals surface area contributed by atoms with E-state index in [0.29, 0.717) is 28.0 Å². The van der Waals surface area contributed by atoms with Crippen molar-refractivity contribution < 1.29 is 9.26 Å². The summed E-state index contributed by atoms with van der Waals surface area (Å²) in [5, 5.41) is 8.50. The van der Waals surface area contributed by atoms with Crippen LogP contribution in [-0.2, 0) is 10.5 Å². The van der Waals surface area contributed by atoms with Crippen molar-refractivity contribution in [1.29, 1.82) is 0 Å². The first-order chi connectivity index (χ1) is 11.7. The Balaban J connectivity index is 1.67. The van der Waals surface area contributed by atoms with Crippen molar-refractivity contribution in [2.24, 2.45) is 0 Å². The normalized spacial score (nSPS) is 12.4. The fraction of sp³-hybridized carbons (Fsp3) is 0.333. The van der Waals surface area contributed by atoms with Gasteiger partial charge < -0.3 is 9.26 Å². The predicted molar refractivity (Wildman–Crippen MR) is 96.2 cm³/mol. The molecule has 0 radical (unpaired) electrons. The number of nitrogens with zero attached hydrogens (tertiary/aromatic N) is 4. The molecule has 0 N–H and O–H groups in total. The fourth-order valence-corrected chi connectivity index (χ4v) is 4.19. The van der Waals surface area contributed by atoms with Crippen LogP contribution in [0.5, 0.6) is 0 Å². The van der Waals surface area contributed by atoms with Gasteiger partial charge in [-0.3, -0.25) is 0 Å². The lowest BCUT2D eigenvalue weighted by Crippen LogP contribution is -2.01. The minimum atomic E-state index is -0.170. The zero-order valence-corrected chi connectivity index (χ0v) is 15.7. The van der Waals surface area contributed by atoms with Gasteiger partial charge in [-0.1, -0.05) is 46.5 Å². The molecular weight excluding hydrogens is 364 g/mol. The molecule has 0 fully saturated rings. The molecule has 0 aliphatic rings. The molecule has 24 heavy (non-hydrogen) atoms. The van der Waals surface area contributed by atoms with Crippen LogP contribution in [0.2, 0.25) is 0 Å². The van der Waals surface area contributed by atoms with Gasteiger partial charge in [0.25, 0.3) is 0 Å². The van der Waals surface area contributed by atoms with Crippen LogP contribution in [0.4, 0.5) is 0 Å². The van der Waals surface area contributed by atoms with E-state index in [1.54, 1.807) is 4.68 Å². The Bertz CT molecular complexity index is 844. The lowest BCUT2D eigenvalue weighted by molar-refractivity contribution is 0.0683. The first-order valence-electron chi connectivity index (χ1n) is 7.40. The molecule has 0 saturated carbocycles. The second-order valence-corrected chi connectivity index (χ2v) is 7.66. The van der Waals surface area contributed by atoms with Crippen LogP contribution < -0.4 is 0 Å². The van der Waals surface area contributed by atoms with Gasteiger partial charge in [0.05, 0.1) is 11.4 Å². The van der Waals surface area contributed by atoms with E-state index in [1.807, 2.05) is 44.2 Å². The van der Waals surface area contributed by atoms with Crippen molar-refractivity contribution in [2.45, 2.75) is 30.0 Å². The van der Waals surface area contributed by atoms with Crippen LogP contribution in [0.1, 0.15) is 31.7 Å². The Morgan fingerprint density at radius 1 is 1.38 bits per heavy atom. The van der Waals surface area contributed by atoms with Gasteiger partial charge in [0.1, 0.15) is 6.10 Å². The van der Waals surface area contributed by atoms with E-state index in [4.69, 9.17) is 21.5 Å². The number of hydrogen-bond donors (Lipinski definition) is 0. The third kappa shape index (κ3) is 4.10. The first kappa shape index (κ1) is 17.3. The highest BCUT2D eigenvalue weighted by atomic mass is 32.2. The van der Waals surface area contributed by atoms with E-state index in [1.165, 1.54) is 23.1 Å². The average Bonchev–Trinajstić information content (AvgIpc) is 3.21. The Morgan fingerprint density at radius 2 is 2.17 bits per heavy atom. The highest BCUT2D eigenvalue weighted by Gasteiger charge is 2.15. The van der Waals surface area contributed by atoms with Crippen molar-refractivity contribution in [3.8, 4) is 5.69 Å². The van der Waals surface area contributed by atoms with Gasteiger partial charge in [0.2, 0.25) is 5.89 Å². The van der Waals surface area contributed by atoms with Crippen LogP contribution in [-0.4, -0.2) is 26.5 Å². The van der Waals surface area contributed by atoms with E-state index < -0.39 is 0 Å². The molecule has 0 amide bonds. The van der Waals surface area contributed by atoms with Crippen molar-refractivity contribution in [2.75, 3.05) is 6.61 Å². The fourth-order valence-electron chi connectivity index (χ4n) is 1.99. The highest BCUT2D eigenvalue weighted by Crippen LogP contribution is 2.27. The zero-order chi connectivity index (χ0) is 16.9. The van der Waals surface area contributed by atoms with Crippen LogP contribution in [0.15, 0.2) is 39.2 Å². The van der Waals surface area contributed by atoms with E-state index in [-0.39, 0.29) is 6.10 Å². The number of benzene rings is 1. The van der Waals surface area contributed by atoms with Gasteiger partial charge in [0, 0.05) is 6.61 Å². The molecule has 126 valence electrons. The third-order valence-corrected chi connectivity index (χ3v) is 5.46. The van der Waals surface area contributed by atoms with E-state index in [0.717, 1.165) is 10.0 Å². The zero-order valence-electron chi connectivity index (χ0n) is 13.2. The Hall–Kier alpha value is -1.55. The van der Waals surface area contributed by atoms with Crippen molar-refractivity contribution >= 4 is 35.3 Å². The number of rotatable bonds is 7. The summed E-state index contributed by atoms with van der Waals surface area (Å²) in [4.78, 5) is 4.35. The van der Waals surface area contributed by atoms with Gasteiger partial charge >= 0.3 is 0 Å². The summed E-state index contributed by atoms with van der Waals surface area (Å²) >= 11 is 8.38. The maximum absolute atomic E-state index is 5.45. The summed E-state index contributed by atoms with van der Waals surface area (Å²) in [5.74, 6) is 1.66. The second kappa shape index (κ2) is 8.02. The molecule has 0 saturated heterocycles. The number of ether oxygens (including phenoxy) is 1. The smallest absolute Gasteiger partial charge is 0.237 e. The maximum Gasteiger partial charge on any atom is 0.237 e. The molecular formula is C15H16N4O2S3. The van der Waals surface area contributed by atoms with Gasteiger partial charge in [-0.05, 0) is 38.2 Å². The number of hydrogen-bond acceptors (Lipinski definition) is 8. The standard InChI is InChI=1S/C15H16N4O2S3/c1-3-20-10(2)13-16-12(21-18-13)9-23-14-17-19(15(22)24-14)11-7-5-4-6-8-11/h4-8,10H,3,9H2,1-2H3. The van der Waals surface area contributed by atoms with Crippen molar-refractivity contribution in [3.05, 3.63) is 46.0 Å². The van der Waals surface area contributed by atoms with Gasteiger partial charge in [0.15, 0.2) is 14.1 Å². The highest BCUT2D eigenvalue weighted by molar-refractivity contribution is 8.00. The van der Waals surface area contributed by atoms with E-state index >= 15 is 0 Å². The molecule has 0 spiro atoms. The maximum atomic E-state index is 5.45. The van der Waals surface area contributed by atoms with Crippen molar-refractivity contribution in [3.63, 3.8) is 0 Å². The monoisotopic (exact) mass is 380 g/mol. The SMILES string of the molecule is CCOC(C)c1noc(CSc2nn(-c3ccccc3)c(=S)s2)n1. The van der Waals surface area contributed by atoms with Crippen LogP contribution in [0, 0.1) is 3.95 Å². The minimum Gasteiger partial charge on any atom is -0.371 e. The molecule has 2 aromatic heterocycles. The average molecular weight is 381 g/mol. The van der Waals surface area contributed by atoms with Crippen molar-refractivity contribution in [1.82, 2.24) is 19.9 Å². The Morgan fingerprint density at radius 3 is 2.92 bits per heavy atom. The quantitative estimate of drug-likeness (QED) is 0.443. The van der Waals surface area contributed by atoms with Gasteiger partial charge in [-0.25, -0.2) is 4.68 Å². The molecule has 3 rings (SSSR count). The summed E-state index contributed by atoms with van der Waals surface area (Å²) in [6.45, 7) is 4.45. The summed E-state index contributed by atoms with van der Waals surface area (Å²) in [5.41, 5.74) is 0.955. The topological polar surface area (TPSA) is 66.0 Å². The molecule has 9 heteroatoms. The number of aromatic nitrogens is 4. The molecule has 0 aliphatic heterocycles. The Labute approximate surface area is 152 Å². The molecule has 1 aromatic carbocycles. The lowest BCUT2D eigenvalue weighted by Gasteiger charge is -2.04. The molecule has 2 heterocycles. The third-order valence-electron chi connectivity index (χ3n) is 3.11. The first-order valence-corrected chi connectivity index (χ1v) is 9.61. The predicted octanol–water partition coefficient (Wildman–Crippen LogP) is 4.44. The van der Waals surface area contributed by atoms with Crippen LogP contribution in [0.3, 0.4) is 0 Å². The molecule has 6 nitrogen and oxygen atoms in total. The van der Waals surface area contributed by atoms with E-state index in [2.05, 4.69) is 15.2 Å². The van der Waals surface area contributed by atoms with Gasteiger partial charge in [-0.15, -0.1) is 5.10 Å². The van der Waals surface area contributed by atoms with Gasteiger partial charge in [-0.2, -0.15) is 4.98 Å². The summed E-state index contributed by atoms with van der Waals surface area (Å²) in [6.07, 6.45) is -0.170. The largest absolute Gasteiger partial charge is 0.371 e. The molecule has 3 aromatic rings. The molecule has 0 aliphatic carbocycles. The number of thioether (sulfide) groups is 1.